The van der Waals surface area contributed by atoms with Crippen LogP contribution in [0.3, 0.4) is 0 Å². The molecule has 282 valence electrons. The number of nitrogens with zero attached hydrogens (tertiary/aromatic N) is 6. The summed E-state index contributed by atoms with van der Waals surface area (Å²) in [4.78, 5) is 61.7. The minimum absolute atomic E-state index is 0.0868. The van der Waals surface area contributed by atoms with Gasteiger partial charge in [0.25, 0.3) is 11.5 Å². The minimum atomic E-state index is -0.410. The van der Waals surface area contributed by atoms with Crippen LogP contribution in [0.1, 0.15) is 84.0 Å². The van der Waals surface area contributed by atoms with Crippen LogP contribution in [0.5, 0.6) is 0 Å². The zero-order valence-electron chi connectivity index (χ0n) is 31.5. The number of anilines is 2. The van der Waals surface area contributed by atoms with Crippen molar-refractivity contribution in [3.05, 3.63) is 93.7 Å². The molecule has 3 unspecified atom stereocenters. The van der Waals surface area contributed by atoms with E-state index >= 15 is 0 Å². The summed E-state index contributed by atoms with van der Waals surface area (Å²) in [7, 11) is 3.80. The van der Waals surface area contributed by atoms with Gasteiger partial charge in [-0.05, 0) is 105 Å². The number of nitrogens with one attached hydrogen (secondary N) is 2. The lowest BCUT2D eigenvalue weighted by molar-refractivity contribution is -0.134. The van der Waals surface area contributed by atoms with E-state index in [1.807, 2.05) is 30.0 Å². The van der Waals surface area contributed by atoms with Gasteiger partial charge in [0, 0.05) is 87.2 Å². The van der Waals surface area contributed by atoms with Crippen molar-refractivity contribution >= 4 is 39.9 Å². The number of likely N-dealkylation sites (N-methyl/N-ethyl adjacent to an activating group) is 1. The summed E-state index contributed by atoms with van der Waals surface area (Å²) < 4.78 is 1.36. The Kier molecular flexibility index (Phi) is 9.72. The Morgan fingerprint density at radius 3 is 2.41 bits per heavy atom. The first kappa shape index (κ1) is 35.9. The molecule has 4 aliphatic heterocycles. The van der Waals surface area contributed by atoms with Crippen molar-refractivity contribution in [2.45, 2.75) is 69.7 Å². The summed E-state index contributed by atoms with van der Waals surface area (Å²) in [6.45, 7) is 7.17. The van der Waals surface area contributed by atoms with Gasteiger partial charge in [0.1, 0.15) is 0 Å². The van der Waals surface area contributed by atoms with Crippen LogP contribution in [-0.2, 0) is 16.6 Å². The van der Waals surface area contributed by atoms with Crippen LogP contribution in [0, 0.1) is 12.3 Å². The van der Waals surface area contributed by atoms with Gasteiger partial charge in [-0.2, -0.15) is 5.10 Å². The molecule has 3 amide bonds. The molecule has 2 aromatic carbocycles. The molecule has 6 heterocycles. The van der Waals surface area contributed by atoms with Gasteiger partial charge in [-0.1, -0.05) is 18.2 Å². The van der Waals surface area contributed by atoms with Crippen molar-refractivity contribution in [2.24, 2.45) is 12.5 Å². The van der Waals surface area contributed by atoms with Crippen LogP contribution in [0.25, 0.3) is 10.8 Å². The lowest BCUT2D eigenvalue weighted by Gasteiger charge is -2.47. The number of hydrogen-bond acceptors (Lipinski definition) is 9. The van der Waals surface area contributed by atoms with E-state index in [9.17, 15) is 19.2 Å². The van der Waals surface area contributed by atoms with E-state index in [4.69, 9.17) is 0 Å². The summed E-state index contributed by atoms with van der Waals surface area (Å²) in [5, 5.41) is 12.3. The highest BCUT2D eigenvalue weighted by Crippen LogP contribution is 2.43. The number of rotatable bonds is 6. The number of carbonyl (C=O) groups excluding carboxylic acids is 3. The van der Waals surface area contributed by atoms with E-state index < -0.39 is 5.92 Å². The highest BCUT2D eigenvalue weighted by atomic mass is 16.2. The minimum Gasteiger partial charge on any atom is -0.379 e. The fourth-order valence-corrected chi connectivity index (χ4v) is 9.30. The molecule has 4 fully saturated rings. The molecule has 12 nitrogen and oxygen atoms in total. The SMILES string of the molecule is Cc1c(NC2CC(c3ccc(C(=O)N4CCC5(CC4)CCN(c4ccc6c(C7CCC(=O)NC7=O)nccc6c4)CC5)cc3)CN(C)C2)cnn(C)c1=O. The number of fused-ring (bicyclic) bond motifs is 1. The second-order valence-corrected chi connectivity index (χ2v) is 16.1. The summed E-state index contributed by atoms with van der Waals surface area (Å²) >= 11 is 0. The Balaban J connectivity index is 0.850. The van der Waals surface area contributed by atoms with E-state index in [2.05, 4.69) is 67.9 Å². The topological polar surface area (TPSA) is 133 Å². The molecule has 8 rings (SSSR count). The average molecular weight is 731 g/mol. The Labute approximate surface area is 315 Å². The highest BCUT2D eigenvalue weighted by molar-refractivity contribution is 6.02. The molecule has 4 aromatic rings. The number of imide groups is 1. The normalized spacial score (nSPS) is 23.4. The van der Waals surface area contributed by atoms with E-state index in [1.165, 1.54) is 15.9 Å². The number of likely N-dealkylation sites (tertiary alicyclic amines) is 2. The number of aromatic nitrogens is 3. The Hall–Kier alpha value is -5.10. The maximum absolute atomic E-state index is 13.7. The largest absolute Gasteiger partial charge is 0.379 e. The van der Waals surface area contributed by atoms with Crippen LogP contribution in [0.2, 0.25) is 0 Å². The number of benzene rings is 2. The van der Waals surface area contributed by atoms with Crippen molar-refractivity contribution in [2.75, 3.05) is 56.5 Å². The second-order valence-electron chi connectivity index (χ2n) is 16.1. The number of piperidine rings is 4. The molecule has 3 atom stereocenters. The fourth-order valence-electron chi connectivity index (χ4n) is 9.30. The van der Waals surface area contributed by atoms with Crippen molar-refractivity contribution in [1.82, 2.24) is 29.9 Å². The summed E-state index contributed by atoms with van der Waals surface area (Å²) in [5.41, 5.74) is 5.53. The predicted octanol–water partition coefficient (Wildman–Crippen LogP) is 4.58. The van der Waals surface area contributed by atoms with Gasteiger partial charge in [-0.25, -0.2) is 4.68 Å². The molecule has 2 aromatic heterocycles. The number of carbonyl (C=O) groups is 3. The molecule has 1 spiro atoms. The van der Waals surface area contributed by atoms with Gasteiger partial charge in [-0.3, -0.25) is 29.5 Å². The second kappa shape index (κ2) is 14.6. The molecule has 0 aliphatic carbocycles. The lowest BCUT2D eigenvalue weighted by atomic mass is 9.71. The van der Waals surface area contributed by atoms with Crippen molar-refractivity contribution in [3.63, 3.8) is 0 Å². The third-order valence-corrected chi connectivity index (χ3v) is 12.6. The van der Waals surface area contributed by atoms with Gasteiger partial charge in [0.05, 0.1) is 23.5 Å². The fraction of sp³-hybridized carbons (Fsp3) is 0.476. The Bertz CT molecular complexity index is 2130. The van der Waals surface area contributed by atoms with E-state index in [0.717, 1.165) is 99.1 Å². The van der Waals surface area contributed by atoms with Crippen molar-refractivity contribution in [3.8, 4) is 0 Å². The number of aryl methyl sites for hydroxylation is 1. The van der Waals surface area contributed by atoms with E-state index in [0.29, 0.717) is 24.3 Å². The smallest absolute Gasteiger partial charge is 0.271 e. The van der Waals surface area contributed by atoms with Gasteiger partial charge >= 0.3 is 0 Å². The first-order valence-electron chi connectivity index (χ1n) is 19.4. The summed E-state index contributed by atoms with van der Waals surface area (Å²) in [6.07, 6.45) is 9.50. The number of hydrogen-bond donors (Lipinski definition) is 2. The van der Waals surface area contributed by atoms with Crippen LogP contribution < -0.4 is 21.1 Å². The maximum atomic E-state index is 13.7. The quantitative estimate of drug-likeness (QED) is 0.274. The van der Waals surface area contributed by atoms with Crippen LogP contribution >= 0.6 is 0 Å². The van der Waals surface area contributed by atoms with Crippen molar-refractivity contribution < 1.29 is 14.4 Å². The molecular weight excluding hydrogens is 681 g/mol. The van der Waals surface area contributed by atoms with Gasteiger partial charge < -0.3 is 20.0 Å². The van der Waals surface area contributed by atoms with Gasteiger partial charge in [0.15, 0.2) is 0 Å². The maximum Gasteiger partial charge on any atom is 0.271 e. The lowest BCUT2D eigenvalue weighted by Crippen LogP contribution is -2.48. The monoisotopic (exact) mass is 730 g/mol. The van der Waals surface area contributed by atoms with E-state index in [-0.39, 0.29) is 34.7 Å². The van der Waals surface area contributed by atoms with Gasteiger partial charge in [-0.15, -0.1) is 0 Å². The molecule has 12 heteroatoms. The zero-order valence-corrected chi connectivity index (χ0v) is 31.5. The summed E-state index contributed by atoms with van der Waals surface area (Å²) in [5.74, 6) is -0.461. The van der Waals surface area contributed by atoms with E-state index in [1.54, 1.807) is 19.4 Å². The predicted molar refractivity (Wildman–Crippen MR) is 209 cm³/mol. The van der Waals surface area contributed by atoms with Crippen LogP contribution in [0.4, 0.5) is 11.4 Å². The molecule has 0 bridgehead atoms. The zero-order chi connectivity index (χ0) is 37.6. The summed E-state index contributed by atoms with van der Waals surface area (Å²) in [6, 6.07) is 16.8. The molecule has 54 heavy (non-hydrogen) atoms. The molecular formula is C42H50N8O4. The van der Waals surface area contributed by atoms with Crippen LogP contribution in [-0.4, -0.2) is 94.6 Å². The number of amides is 3. The van der Waals surface area contributed by atoms with Gasteiger partial charge in [0.2, 0.25) is 11.8 Å². The van der Waals surface area contributed by atoms with Crippen molar-refractivity contribution in [1.29, 1.82) is 0 Å². The molecule has 4 aliphatic rings. The first-order valence-corrected chi connectivity index (χ1v) is 19.4. The molecule has 0 radical (unpaired) electrons. The first-order chi connectivity index (χ1) is 26.1. The third-order valence-electron chi connectivity index (χ3n) is 12.6. The number of pyridine rings is 1. The molecule has 4 saturated heterocycles. The third kappa shape index (κ3) is 7.11. The highest BCUT2D eigenvalue weighted by Gasteiger charge is 2.39. The Morgan fingerprint density at radius 2 is 1.67 bits per heavy atom. The standard InChI is InChI=1S/C42H50N8O4/c1-27-36(24-44-48(3)40(27)53)45-32-22-31(25-47(2)26-32)28-4-6-29(7-5-28)41(54)50-20-15-42(16-21-50)13-18-49(19-14-42)33-8-9-34-30(23-33)12-17-43-38(34)35-10-11-37(51)46-39(35)52/h4-9,12,17,23-24,31-32,35,45H,10-11,13-16,18-22,25-26H2,1-3H3,(H,46,51,52). The average Bonchev–Trinajstić information content (AvgIpc) is 3.18. The molecule has 0 saturated carbocycles. The Morgan fingerprint density at radius 1 is 0.926 bits per heavy atom. The molecule has 2 N–H and O–H groups in total. The van der Waals surface area contributed by atoms with Crippen LogP contribution in [0.15, 0.2) is 65.7 Å².